The molecule has 0 spiro atoms. The van der Waals surface area contributed by atoms with Gasteiger partial charge in [0.2, 0.25) is 5.95 Å². The average molecular weight is 194 g/mol. The van der Waals surface area contributed by atoms with Gasteiger partial charge in [0.15, 0.2) is 0 Å². The summed E-state index contributed by atoms with van der Waals surface area (Å²) < 4.78 is 0. The molecule has 4 heteroatoms. The molecular weight excluding hydrogens is 176 g/mol. The quantitative estimate of drug-likeness (QED) is 0.771. The summed E-state index contributed by atoms with van der Waals surface area (Å²) in [7, 11) is 1.95. The fraction of sp³-hybridized carbons (Fsp3) is 0.600. The molecular formula is C10H18N4. The molecule has 1 atom stereocenters. The highest BCUT2D eigenvalue weighted by Gasteiger charge is 2.05. The van der Waals surface area contributed by atoms with Crippen LogP contribution in [-0.2, 0) is 6.42 Å². The second-order valence-corrected chi connectivity index (χ2v) is 3.60. The lowest BCUT2D eigenvalue weighted by molar-refractivity contribution is 0.704. The van der Waals surface area contributed by atoms with Crippen LogP contribution >= 0.6 is 0 Å². The van der Waals surface area contributed by atoms with Crippen molar-refractivity contribution in [1.29, 1.82) is 0 Å². The van der Waals surface area contributed by atoms with Crippen molar-refractivity contribution in [2.24, 2.45) is 5.73 Å². The summed E-state index contributed by atoms with van der Waals surface area (Å²) in [5.74, 6) is 0.736. The van der Waals surface area contributed by atoms with E-state index in [4.69, 9.17) is 5.73 Å². The number of anilines is 1. The van der Waals surface area contributed by atoms with Crippen LogP contribution in [0.5, 0.6) is 0 Å². The molecule has 0 saturated heterocycles. The zero-order valence-corrected chi connectivity index (χ0v) is 9.07. The molecule has 0 amide bonds. The van der Waals surface area contributed by atoms with Crippen molar-refractivity contribution in [3.8, 4) is 0 Å². The Labute approximate surface area is 85.2 Å². The molecule has 0 saturated carbocycles. The van der Waals surface area contributed by atoms with Crippen LogP contribution in [0.25, 0.3) is 0 Å². The number of hydrogen-bond donors (Lipinski definition) is 1. The molecule has 0 fully saturated rings. The van der Waals surface area contributed by atoms with E-state index in [0.29, 0.717) is 0 Å². The lowest BCUT2D eigenvalue weighted by Gasteiger charge is -2.18. The highest BCUT2D eigenvalue weighted by Crippen LogP contribution is 2.05. The highest BCUT2D eigenvalue weighted by molar-refractivity contribution is 5.28. The number of nitrogens with two attached hydrogens (primary N) is 1. The first kappa shape index (κ1) is 10.9. The van der Waals surface area contributed by atoms with E-state index in [9.17, 15) is 0 Å². The molecule has 0 aromatic carbocycles. The molecule has 78 valence electrons. The first-order chi connectivity index (χ1) is 6.63. The Kier molecular flexibility index (Phi) is 3.83. The molecule has 0 radical (unpaired) electrons. The maximum Gasteiger partial charge on any atom is 0.225 e. The fourth-order valence-corrected chi connectivity index (χ4v) is 1.24. The number of rotatable bonds is 4. The van der Waals surface area contributed by atoms with Crippen LogP contribution in [0.15, 0.2) is 12.4 Å². The van der Waals surface area contributed by atoms with E-state index in [1.165, 1.54) is 0 Å². The Hall–Kier alpha value is -1.16. The van der Waals surface area contributed by atoms with Gasteiger partial charge in [-0.3, -0.25) is 0 Å². The Balaban J connectivity index is 2.66. The zero-order chi connectivity index (χ0) is 10.6. The molecule has 14 heavy (non-hydrogen) atoms. The van der Waals surface area contributed by atoms with Crippen LogP contribution in [0.4, 0.5) is 5.95 Å². The lowest BCUT2D eigenvalue weighted by Crippen LogP contribution is -2.33. The molecule has 1 rings (SSSR count). The van der Waals surface area contributed by atoms with Crippen LogP contribution in [-0.4, -0.2) is 29.6 Å². The molecule has 1 aromatic heterocycles. The van der Waals surface area contributed by atoms with Gasteiger partial charge < -0.3 is 10.6 Å². The van der Waals surface area contributed by atoms with Crippen molar-refractivity contribution >= 4 is 5.95 Å². The molecule has 1 aromatic rings. The molecule has 0 aliphatic carbocycles. The van der Waals surface area contributed by atoms with Gasteiger partial charge in [0.05, 0.1) is 0 Å². The molecule has 0 bridgehead atoms. The Morgan fingerprint density at radius 3 is 2.43 bits per heavy atom. The second kappa shape index (κ2) is 4.91. The Morgan fingerprint density at radius 2 is 2.00 bits per heavy atom. The predicted octanol–water partition coefficient (Wildman–Crippen LogP) is 0.822. The maximum atomic E-state index is 5.69. The Bertz CT molecular complexity index is 268. The standard InChI is InChI=1S/C10H18N4/c1-4-9-5-12-10(13-6-9)14(3)7-8(2)11/h5-6,8H,4,7,11H2,1-3H3. The third kappa shape index (κ3) is 2.96. The van der Waals surface area contributed by atoms with Crippen molar-refractivity contribution in [3.63, 3.8) is 0 Å². The number of aryl methyl sites for hydroxylation is 1. The molecule has 2 N–H and O–H groups in total. The van der Waals surface area contributed by atoms with E-state index in [0.717, 1.165) is 24.5 Å². The minimum atomic E-state index is 0.134. The van der Waals surface area contributed by atoms with Gasteiger partial charge in [-0.15, -0.1) is 0 Å². The van der Waals surface area contributed by atoms with E-state index < -0.39 is 0 Å². The normalized spacial score (nSPS) is 12.6. The van der Waals surface area contributed by atoms with Gasteiger partial charge in [-0.25, -0.2) is 9.97 Å². The summed E-state index contributed by atoms with van der Waals surface area (Å²) >= 11 is 0. The monoisotopic (exact) mass is 194 g/mol. The summed E-state index contributed by atoms with van der Waals surface area (Å²) in [6.45, 7) is 4.83. The van der Waals surface area contributed by atoms with Gasteiger partial charge in [-0.05, 0) is 18.9 Å². The van der Waals surface area contributed by atoms with Crippen molar-refractivity contribution < 1.29 is 0 Å². The largest absolute Gasteiger partial charge is 0.342 e. The molecule has 0 aliphatic rings. The summed E-state index contributed by atoms with van der Waals surface area (Å²) in [4.78, 5) is 10.5. The van der Waals surface area contributed by atoms with E-state index in [1.54, 1.807) is 0 Å². The fourth-order valence-electron chi connectivity index (χ4n) is 1.24. The van der Waals surface area contributed by atoms with Gasteiger partial charge in [-0.2, -0.15) is 0 Å². The molecule has 4 nitrogen and oxygen atoms in total. The zero-order valence-electron chi connectivity index (χ0n) is 9.07. The minimum Gasteiger partial charge on any atom is -0.342 e. The smallest absolute Gasteiger partial charge is 0.225 e. The molecule has 0 aliphatic heterocycles. The number of aromatic nitrogens is 2. The number of hydrogen-bond acceptors (Lipinski definition) is 4. The van der Waals surface area contributed by atoms with Gasteiger partial charge in [0, 0.05) is 32.0 Å². The van der Waals surface area contributed by atoms with Crippen LogP contribution in [0, 0.1) is 0 Å². The van der Waals surface area contributed by atoms with E-state index in [-0.39, 0.29) is 6.04 Å². The maximum absolute atomic E-state index is 5.69. The summed E-state index contributed by atoms with van der Waals surface area (Å²) in [5, 5.41) is 0. The first-order valence-electron chi connectivity index (χ1n) is 4.91. The third-order valence-corrected chi connectivity index (χ3v) is 2.00. The third-order valence-electron chi connectivity index (χ3n) is 2.00. The van der Waals surface area contributed by atoms with Gasteiger partial charge in [-0.1, -0.05) is 6.92 Å². The van der Waals surface area contributed by atoms with E-state index in [1.807, 2.05) is 31.3 Å². The van der Waals surface area contributed by atoms with Crippen molar-refractivity contribution in [2.45, 2.75) is 26.3 Å². The Morgan fingerprint density at radius 1 is 1.43 bits per heavy atom. The SMILES string of the molecule is CCc1cnc(N(C)CC(C)N)nc1. The van der Waals surface area contributed by atoms with Crippen LogP contribution in [0.1, 0.15) is 19.4 Å². The summed E-state index contributed by atoms with van der Waals surface area (Å²) in [6.07, 6.45) is 4.69. The number of likely N-dealkylation sites (N-methyl/N-ethyl adjacent to an activating group) is 1. The summed E-state index contributed by atoms with van der Waals surface area (Å²) in [6, 6.07) is 0.134. The minimum absolute atomic E-state index is 0.134. The van der Waals surface area contributed by atoms with Crippen molar-refractivity contribution in [2.75, 3.05) is 18.5 Å². The van der Waals surface area contributed by atoms with Crippen LogP contribution < -0.4 is 10.6 Å². The second-order valence-electron chi connectivity index (χ2n) is 3.60. The molecule has 1 unspecified atom stereocenters. The van der Waals surface area contributed by atoms with Crippen molar-refractivity contribution in [1.82, 2.24) is 9.97 Å². The van der Waals surface area contributed by atoms with E-state index >= 15 is 0 Å². The van der Waals surface area contributed by atoms with Gasteiger partial charge >= 0.3 is 0 Å². The lowest BCUT2D eigenvalue weighted by atomic mass is 10.3. The van der Waals surface area contributed by atoms with Gasteiger partial charge in [0.25, 0.3) is 0 Å². The van der Waals surface area contributed by atoms with Crippen LogP contribution in [0.3, 0.4) is 0 Å². The predicted molar refractivity (Wildman–Crippen MR) is 58.3 cm³/mol. The number of nitrogens with zero attached hydrogens (tertiary/aromatic N) is 3. The average Bonchev–Trinajstić information content (AvgIpc) is 2.17. The first-order valence-corrected chi connectivity index (χ1v) is 4.91. The summed E-state index contributed by atoms with van der Waals surface area (Å²) in [5.41, 5.74) is 6.85. The van der Waals surface area contributed by atoms with Gasteiger partial charge in [0.1, 0.15) is 0 Å². The highest BCUT2D eigenvalue weighted by atomic mass is 15.2. The topological polar surface area (TPSA) is 55.0 Å². The molecule has 1 heterocycles. The van der Waals surface area contributed by atoms with E-state index in [2.05, 4.69) is 16.9 Å². The van der Waals surface area contributed by atoms with Crippen molar-refractivity contribution in [3.05, 3.63) is 18.0 Å². The van der Waals surface area contributed by atoms with Crippen LogP contribution in [0.2, 0.25) is 0 Å².